The molecule has 0 saturated carbocycles. The van der Waals surface area contributed by atoms with Crippen molar-refractivity contribution in [3.8, 4) is 0 Å². The number of halogens is 3. The molecule has 1 N–H and O–H groups in total. The first-order valence-electron chi connectivity index (χ1n) is 7.38. The molecule has 0 aliphatic carbocycles. The Morgan fingerprint density at radius 3 is 2.43 bits per heavy atom. The van der Waals surface area contributed by atoms with Gasteiger partial charge in [0.2, 0.25) is 5.91 Å². The molecule has 1 atom stereocenters. The van der Waals surface area contributed by atoms with Gasteiger partial charge >= 0.3 is 6.18 Å². The molecule has 23 heavy (non-hydrogen) atoms. The lowest BCUT2D eigenvalue weighted by Crippen LogP contribution is -2.21. The van der Waals surface area contributed by atoms with Gasteiger partial charge < -0.3 is 5.32 Å². The number of hydrogen-bond donors (Lipinski definition) is 1. The fourth-order valence-electron chi connectivity index (χ4n) is 2.20. The molecular weight excluding hydrogens is 303 g/mol. The second-order valence-electron chi connectivity index (χ2n) is 5.49. The van der Waals surface area contributed by atoms with Crippen molar-refractivity contribution in [3.05, 3.63) is 65.7 Å². The van der Waals surface area contributed by atoms with E-state index in [9.17, 15) is 18.0 Å². The van der Waals surface area contributed by atoms with Crippen LogP contribution in [0.25, 0.3) is 0 Å². The summed E-state index contributed by atoms with van der Waals surface area (Å²) in [7, 11) is 0. The second-order valence-corrected chi connectivity index (χ2v) is 5.49. The second kappa shape index (κ2) is 7.31. The number of benzene rings is 2. The summed E-state index contributed by atoms with van der Waals surface area (Å²) in [6, 6.07) is 14.4. The highest BCUT2D eigenvalue weighted by Gasteiger charge is 2.30. The molecule has 122 valence electrons. The number of alkyl halides is 3. The van der Waals surface area contributed by atoms with E-state index in [-0.39, 0.29) is 17.5 Å². The molecule has 0 radical (unpaired) electrons. The zero-order valence-corrected chi connectivity index (χ0v) is 12.7. The summed E-state index contributed by atoms with van der Waals surface area (Å²) in [6.45, 7) is 1.77. The van der Waals surface area contributed by atoms with Crippen LogP contribution in [0.2, 0.25) is 0 Å². The van der Waals surface area contributed by atoms with Crippen molar-refractivity contribution in [2.24, 2.45) is 5.92 Å². The average molecular weight is 321 g/mol. The van der Waals surface area contributed by atoms with Gasteiger partial charge in [0, 0.05) is 11.6 Å². The van der Waals surface area contributed by atoms with Gasteiger partial charge in [0.1, 0.15) is 0 Å². The van der Waals surface area contributed by atoms with E-state index in [1.165, 1.54) is 12.1 Å². The Labute approximate surface area is 133 Å². The molecule has 0 aliphatic rings. The fourth-order valence-corrected chi connectivity index (χ4v) is 2.20. The van der Waals surface area contributed by atoms with Crippen molar-refractivity contribution in [2.75, 3.05) is 5.32 Å². The number of nitrogens with one attached hydrogen (secondary N) is 1. The molecule has 5 heteroatoms. The molecule has 0 spiro atoms. The van der Waals surface area contributed by atoms with E-state index in [2.05, 4.69) is 5.32 Å². The van der Waals surface area contributed by atoms with Crippen molar-refractivity contribution < 1.29 is 18.0 Å². The zero-order chi connectivity index (χ0) is 16.9. The fraction of sp³-hybridized carbons (Fsp3) is 0.278. The quantitative estimate of drug-likeness (QED) is 0.832. The van der Waals surface area contributed by atoms with E-state index in [1.807, 2.05) is 30.3 Å². The summed E-state index contributed by atoms with van der Waals surface area (Å²) in [5.41, 5.74) is 0.523. The highest BCUT2D eigenvalue weighted by atomic mass is 19.4. The van der Waals surface area contributed by atoms with E-state index in [1.54, 1.807) is 6.92 Å². The van der Waals surface area contributed by atoms with Crippen LogP contribution in [0.1, 0.15) is 24.5 Å². The molecule has 0 fully saturated rings. The lowest BCUT2D eigenvalue weighted by Gasteiger charge is -2.13. The monoisotopic (exact) mass is 321 g/mol. The minimum absolute atomic E-state index is 0.163. The Morgan fingerprint density at radius 2 is 1.78 bits per heavy atom. The molecule has 0 saturated heterocycles. The largest absolute Gasteiger partial charge is 0.416 e. The van der Waals surface area contributed by atoms with Crippen molar-refractivity contribution >= 4 is 11.6 Å². The van der Waals surface area contributed by atoms with E-state index in [0.717, 1.165) is 24.1 Å². The molecule has 0 bridgehead atoms. The van der Waals surface area contributed by atoms with Crippen LogP contribution in [0.3, 0.4) is 0 Å². The Balaban J connectivity index is 1.93. The van der Waals surface area contributed by atoms with Crippen molar-refractivity contribution in [1.29, 1.82) is 0 Å². The number of hydrogen-bond acceptors (Lipinski definition) is 1. The van der Waals surface area contributed by atoms with Gasteiger partial charge in [0.05, 0.1) is 5.56 Å². The Hall–Kier alpha value is -2.30. The summed E-state index contributed by atoms with van der Waals surface area (Å²) in [4.78, 5) is 12.1. The van der Waals surface area contributed by atoms with Crippen LogP contribution in [0, 0.1) is 5.92 Å². The molecular formula is C18H18F3NO. The number of amides is 1. The lowest BCUT2D eigenvalue weighted by atomic mass is 10.0. The third-order valence-electron chi connectivity index (χ3n) is 3.61. The first-order chi connectivity index (χ1) is 10.9. The van der Waals surface area contributed by atoms with Crippen molar-refractivity contribution in [3.63, 3.8) is 0 Å². The molecule has 1 amide bonds. The van der Waals surface area contributed by atoms with Gasteiger partial charge in [0.25, 0.3) is 0 Å². The van der Waals surface area contributed by atoms with Crippen LogP contribution >= 0.6 is 0 Å². The Kier molecular flexibility index (Phi) is 5.42. The molecule has 0 unspecified atom stereocenters. The first kappa shape index (κ1) is 17.1. The van der Waals surface area contributed by atoms with Gasteiger partial charge in [-0.1, -0.05) is 43.3 Å². The zero-order valence-electron chi connectivity index (χ0n) is 12.7. The van der Waals surface area contributed by atoms with Crippen LogP contribution in [-0.4, -0.2) is 5.91 Å². The van der Waals surface area contributed by atoms with Gasteiger partial charge in [-0.25, -0.2) is 0 Å². The van der Waals surface area contributed by atoms with Gasteiger partial charge in [-0.2, -0.15) is 13.2 Å². The Bertz CT molecular complexity index is 653. The molecule has 2 nitrogen and oxygen atoms in total. The van der Waals surface area contributed by atoms with Crippen molar-refractivity contribution in [2.45, 2.75) is 25.9 Å². The summed E-state index contributed by atoms with van der Waals surface area (Å²) >= 11 is 0. The SMILES string of the molecule is C[C@@H](CCc1ccccc1)C(=O)Nc1cccc(C(F)(F)F)c1. The predicted molar refractivity (Wildman–Crippen MR) is 84.0 cm³/mol. The minimum atomic E-state index is -4.42. The van der Waals surface area contributed by atoms with Gasteiger partial charge in [-0.05, 0) is 36.6 Å². The maximum atomic E-state index is 12.7. The molecule has 0 aromatic heterocycles. The standard InChI is InChI=1S/C18H18F3NO/c1-13(10-11-14-6-3-2-4-7-14)17(23)22-16-9-5-8-15(12-16)18(19,20)21/h2-9,12-13H,10-11H2,1H3,(H,22,23)/t13-/m0/s1. The molecule has 2 aromatic carbocycles. The average Bonchev–Trinajstić information content (AvgIpc) is 2.53. The topological polar surface area (TPSA) is 29.1 Å². The highest BCUT2D eigenvalue weighted by Crippen LogP contribution is 2.30. The third-order valence-corrected chi connectivity index (χ3v) is 3.61. The number of carbonyl (C=O) groups is 1. The predicted octanol–water partition coefficient (Wildman–Crippen LogP) is 4.91. The van der Waals surface area contributed by atoms with E-state index in [0.29, 0.717) is 6.42 Å². The number of carbonyl (C=O) groups excluding carboxylic acids is 1. The van der Waals surface area contributed by atoms with Crippen LogP contribution in [0.15, 0.2) is 54.6 Å². The summed E-state index contributed by atoms with van der Waals surface area (Å²) < 4.78 is 38.0. The van der Waals surface area contributed by atoms with Crippen LogP contribution in [0.4, 0.5) is 18.9 Å². The van der Waals surface area contributed by atoms with Crippen LogP contribution in [-0.2, 0) is 17.4 Å². The number of rotatable bonds is 5. The van der Waals surface area contributed by atoms with Crippen LogP contribution in [0.5, 0.6) is 0 Å². The maximum Gasteiger partial charge on any atom is 0.416 e. The number of anilines is 1. The minimum Gasteiger partial charge on any atom is -0.326 e. The van der Waals surface area contributed by atoms with Crippen molar-refractivity contribution in [1.82, 2.24) is 0 Å². The smallest absolute Gasteiger partial charge is 0.326 e. The third kappa shape index (κ3) is 5.13. The van der Waals surface area contributed by atoms with Crippen LogP contribution < -0.4 is 5.32 Å². The summed E-state index contributed by atoms with van der Waals surface area (Å²) in [6.07, 6.45) is -3.04. The summed E-state index contributed by atoms with van der Waals surface area (Å²) in [5.74, 6) is -0.565. The van der Waals surface area contributed by atoms with E-state index >= 15 is 0 Å². The van der Waals surface area contributed by atoms with E-state index < -0.39 is 11.7 Å². The highest BCUT2D eigenvalue weighted by molar-refractivity contribution is 5.92. The maximum absolute atomic E-state index is 12.7. The lowest BCUT2D eigenvalue weighted by molar-refractivity contribution is -0.137. The summed E-state index contributed by atoms with van der Waals surface area (Å²) in [5, 5.41) is 2.55. The molecule has 2 rings (SSSR count). The Morgan fingerprint density at radius 1 is 1.09 bits per heavy atom. The molecule has 2 aromatic rings. The normalized spacial score (nSPS) is 12.7. The van der Waals surface area contributed by atoms with Gasteiger partial charge in [-0.3, -0.25) is 4.79 Å². The van der Waals surface area contributed by atoms with Gasteiger partial charge in [-0.15, -0.1) is 0 Å². The molecule has 0 heterocycles. The van der Waals surface area contributed by atoms with Gasteiger partial charge in [0.15, 0.2) is 0 Å². The first-order valence-corrected chi connectivity index (χ1v) is 7.38. The number of aryl methyl sites for hydroxylation is 1. The van der Waals surface area contributed by atoms with E-state index in [4.69, 9.17) is 0 Å². The molecule has 0 aliphatic heterocycles.